The number of pyridine rings is 1. The number of nitrogens with one attached hydrogen (secondary N) is 1. The van der Waals surface area contributed by atoms with E-state index >= 15 is 0 Å². The van der Waals surface area contributed by atoms with E-state index in [2.05, 4.69) is 16.4 Å². The van der Waals surface area contributed by atoms with Crippen LogP contribution in [0.25, 0.3) is 0 Å². The summed E-state index contributed by atoms with van der Waals surface area (Å²) in [5.41, 5.74) is 7.46. The number of nitrogens with two attached hydrogens (primary N) is 1. The number of aryl methyl sites for hydroxylation is 1. The Morgan fingerprint density at radius 2 is 2.38 bits per heavy atom. The van der Waals surface area contributed by atoms with Crippen LogP contribution in [0.4, 0.5) is 5.82 Å². The summed E-state index contributed by atoms with van der Waals surface area (Å²) in [5.74, 6) is 1.42. The van der Waals surface area contributed by atoms with Gasteiger partial charge in [0.25, 0.3) is 0 Å². The first-order valence-electron chi connectivity index (χ1n) is 5.57. The Labute approximate surface area is 95.5 Å². The van der Waals surface area contributed by atoms with E-state index in [4.69, 9.17) is 11.0 Å². The van der Waals surface area contributed by atoms with Gasteiger partial charge in [-0.15, -0.1) is 0 Å². The average molecular weight is 216 g/mol. The largest absolute Gasteiger partial charge is 0.368 e. The molecule has 4 nitrogen and oxygen atoms in total. The lowest BCUT2D eigenvalue weighted by Crippen LogP contribution is -2.31. The summed E-state index contributed by atoms with van der Waals surface area (Å²) in [7, 11) is 0. The van der Waals surface area contributed by atoms with E-state index in [1.807, 2.05) is 6.92 Å². The minimum atomic E-state index is 0.202. The van der Waals surface area contributed by atoms with Crippen molar-refractivity contribution in [3.63, 3.8) is 0 Å². The Bertz CT molecular complexity index is 418. The maximum Gasteiger partial charge on any atom is 0.127 e. The summed E-state index contributed by atoms with van der Waals surface area (Å²) in [6.07, 6.45) is 2.49. The van der Waals surface area contributed by atoms with Gasteiger partial charge in [-0.25, -0.2) is 4.98 Å². The zero-order valence-corrected chi connectivity index (χ0v) is 9.40. The van der Waals surface area contributed by atoms with E-state index in [0.717, 1.165) is 18.1 Å². The zero-order chi connectivity index (χ0) is 11.5. The monoisotopic (exact) mass is 216 g/mol. The highest BCUT2D eigenvalue weighted by Gasteiger charge is 2.28. The molecule has 1 aliphatic carbocycles. The van der Waals surface area contributed by atoms with E-state index in [1.165, 1.54) is 12.8 Å². The van der Waals surface area contributed by atoms with Crippen LogP contribution >= 0.6 is 0 Å². The van der Waals surface area contributed by atoms with E-state index in [-0.39, 0.29) is 6.04 Å². The molecule has 0 bridgehead atoms. The highest BCUT2D eigenvalue weighted by atomic mass is 15.0. The normalized spacial score (nSPS) is 16.6. The summed E-state index contributed by atoms with van der Waals surface area (Å²) >= 11 is 0. The molecule has 0 aliphatic heterocycles. The first-order chi connectivity index (χ1) is 7.69. The topological polar surface area (TPSA) is 74.7 Å². The lowest BCUT2D eigenvalue weighted by atomic mass is 10.2. The van der Waals surface area contributed by atoms with E-state index in [0.29, 0.717) is 11.5 Å². The van der Waals surface area contributed by atoms with Crippen molar-refractivity contribution < 1.29 is 0 Å². The van der Waals surface area contributed by atoms with E-state index in [9.17, 15) is 0 Å². The molecule has 1 heterocycles. The van der Waals surface area contributed by atoms with Crippen LogP contribution in [0.5, 0.6) is 0 Å². The molecule has 0 spiro atoms. The van der Waals surface area contributed by atoms with Gasteiger partial charge in [0.15, 0.2) is 0 Å². The highest BCUT2D eigenvalue weighted by Crippen LogP contribution is 2.31. The fourth-order valence-electron chi connectivity index (χ4n) is 1.74. The molecule has 4 heteroatoms. The molecule has 1 unspecified atom stereocenters. The number of hydrogen-bond donors (Lipinski definition) is 2. The fourth-order valence-corrected chi connectivity index (χ4v) is 1.74. The molecular formula is C12H16N4. The third-order valence-electron chi connectivity index (χ3n) is 2.83. The summed E-state index contributed by atoms with van der Waals surface area (Å²) in [4.78, 5) is 4.32. The minimum Gasteiger partial charge on any atom is -0.368 e. The Kier molecular flexibility index (Phi) is 3.07. The third-order valence-corrected chi connectivity index (χ3v) is 2.83. The van der Waals surface area contributed by atoms with Crippen molar-refractivity contribution >= 4 is 5.82 Å². The van der Waals surface area contributed by atoms with Gasteiger partial charge in [-0.3, -0.25) is 0 Å². The molecule has 2 rings (SSSR count). The van der Waals surface area contributed by atoms with Crippen LogP contribution in [-0.2, 0) is 0 Å². The van der Waals surface area contributed by atoms with Gasteiger partial charge < -0.3 is 11.1 Å². The van der Waals surface area contributed by atoms with Gasteiger partial charge in [-0.05, 0) is 37.8 Å². The van der Waals surface area contributed by atoms with Gasteiger partial charge in [0.05, 0.1) is 11.6 Å². The molecule has 3 N–H and O–H groups in total. The SMILES string of the molecule is Cc1cc(C#N)cc(NCC(N)C2CC2)n1. The van der Waals surface area contributed by atoms with Crippen LogP contribution in [0.2, 0.25) is 0 Å². The zero-order valence-electron chi connectivity index (χ0n) is 9.40. The lowest BCUT2D eigenvalue weighted by molar-refractivity contribution is 0.620. The van der Waals surface area contributed by atoms with Gasteiger partial charge >= 0.3 is 0 Å². The van der Waals surface area contributed by atoms with Crippen LogP contribution in [0.3, 0.4) is 0 Å². The Morgan fingerprint density at radius 3 is 3.00 bits per heavy atom. The highest BCUT2D eigenvalue weighted by molar-refractivity contribution is 5.44. The van der Waals surface area contributed by atoms with Gasteiger partial charge in [0, 0.05) is 18.3 Å². The Morgan fingerprint density at radius 1 is 1.62 bits per heavy atom. The Hall–Kier alpha value is -1.60. The molecule has 0 aromatic carbocycles. The third kappa shape index (κ3) is 2.71. The van der Waals surface area contributed by atoms with E-state index in [1.54, 1.807) is 12.1 Å². The summed E-state index contributed by atoms with van der Waals surface area (Å²) in [6, 6.07) is 5.85. The van der Waals surface area contributed by atoms with Crippen LogP contribution < -0.4 is 11.1 Å². The summed E-state index contributed by atoms with van der Waals surface area (Å²) < 4.78 is 0. The smallest absolute Gasteiger partial charge is 0.127 e. The second-order valence-electron chi connectivity index (χ2n) is 4.38. The van der Waals surface area contributed by atoms with Gasteiger partial charge in [-0.1, -0.05) is 0 Å². The maximum absolute atomic E-state index is 8.83. The number of aromatic nitrogens is 1. The molecule has 1 atom stereocenters. The van der Waals surface area contributed by atoms with Gasteiger partial charge in [0.2, 0.25) is 0 Å². The minimum absolute atomic E-state index is 0.202. The van der Waals surface area contributed by atoms with Crippen molar-refractivity contribution in [3.8, 4) is 6.07 Å². The second-order valence-corrected chi connectivity index (χ2v) is 4.38. The second kappa shape index (κ2) is 4.50. The molecular weight excluding hydrogens is 200 g/mol. The first kappa shape index (κ1) is 10.9. The number of hydrogen-bond acceptors (Lipinski definition) is 4. The number of anilines is 1. The molecule has 1 aromatic heterocycles. The number of nitriles is 1. The molecule has 1 fully saturated rings. The fraction of sp³-hybridized carbons (Fsp3) is 0.500. The lowest BCUT2D eigenvalue weighted by Gasteiger charge is -2.12. The number of rotatable bonds is 4. The van der Waals surface area contributed by atoms with Crippen molar-refractivity contribution in [2.24, 2.45) is 11.7 Å². The van der Waals surface area contributed by atoms with Crippen molar-refractivity contribution in [1.82, 2.24) is 4.98 Å². The molecule has 16 heavy (non-hydrogen) atoms. The average Bonchev–Trinajstić information content (AvgIpc) is 3.08. The quantitative estimate of drug-likeness (QED) is 0.798. The molecule has 0 saturated heterocycles. The molecule has 0 amide bonds. The van der Waals surface area contributed by atoms with Crippen LogP contribution in [0.1, 0.15) is 24.1 Å². The molecule has 84 valence electrons. The molecule has 1 aromatic rings. The standard InChI is InChI=1S/C12H16N4/c1-8-4-9(6-13)5-12(16-8)15-7-11(14)10-2-3-10/h4-5,10-11H,2-3,7,14H2,1H3,(H,15,16). The van der Waals surface area contributed by atoms with E-state index < -0.39 is 0 Å². The molecule has 0 radical (unpaired) electrons. The first-order valence-corrected chi connectivity index (χ1v) is 5.57. The van der Waals surface area contributed by atoms with Gasteiger partial charge in [0.1, 0.15) is 5.82 Å². The maximum atomic E-state index is 8.83. The predicted molar refractivity (Wildman–Crippen MR) is 62.9 cm³/mol. The van der Waals surface area contributed by atoms with Crippen LogP contribution in [0.15, 0.2) is 12.1 Å². The van der Waals surface area contributed by atoms with Crippen molar-refractivity contribution in [2.75, 3.05) is 11.9 Å². The summed E-state index contributed by atoms with van der Waals surface area (Å²) in [5, 5.41) is 12.0. The predicted octanol–water partition coefficient (Wildman–Crippen LogP) is 1.41. The summed E-state index contributed by atoms with van der Waals surface area (Å²) in [6.45, 7) is 2.61. The molecule has 1 saturated carbocycles. The van der Waals surface area contributed by atoms with Crippen LogP contribution in [-0.4, -0.2) is 17.6 Å². The molecule has 1 aliphatic rings. The van der Waals surface area contributed by atoms with Gasteiger partial charge in [-0.2, -0.15) is 5.26 Å². The van der Waals surface area contributed by atoms with Crippen molar-refractivity contribution in [1.29, 1.82) is 5.26 Å². The number of nitrogens with zero attached hydrogens (tertiary/aromatic N) is 2. The van der Waals surface area contributed by atoms with Crippen LogP contribution in [0, 0.1) is 24.2 Å². The Balaban J connectivity index is 1.98. The van der Waals surface area contributed by atoms with Crippen molar-refractivity contribution in [2.45, 2.75) is 25.8 Å². The van der Waals surface area contributed by atoms with Crippen molar-refractivity contribution in [3.05, 3.63) is 23.4 Å².